The zero-order valence-electron chi connectivity index (χ0n) is 12.7. The number of rotatable bonds is 4. The van der Waals surface area contributed by atoms with E-state index in [-0.39, 0.29) is 17.9 Å². The summed E-state index contributed by atoms with van der Waals surface area (Å²) >= 11 is 0. The molecule has 0 amide bonds. The molecule has 1 aliphatic carbocycles. The van der Waals surface area contributed by atoms with Gasteiger partial charge in [-0.2, -0.15) is 0 Å². The van der Waals surface area contributed by atoms with E-state index in [1.165, 1.54) is 30.4 Å². The number of aliphatic hydroxyl groups excluding tert-OH is 2. The standard InChI is InChI=1S/C16H20O8/c17-10-4-3-9(6-11(10)18)2-1-5-16(24)12(19)7-15(23,14(21)22)8-13(16)20/h1-4,6,12-13,17-20,23-24H,5,7-8H2,(H,21,22)/b2-1+/t12-,13-,15?,16?/m1/s1. The normalized spacial score (nSPS) is 33.7. The molecule has 0 unspecified atom stereocenters. The fourth-order valence-corrected chi connectivity index (χ4v) is 2.77. The van der Waals surface area contributed by atoms with Crippen molar-refractivity contribution in [1.29, 1.82) is 0 Å². The van der Waals surface area contributed by atoms with Gasteiger partial charge in [-0.15, -0.1) is 0 Å². The van der Waals surface area contributed by atoms with Gasteiger partial charge in [0.1, 0.15) is 5.60 Å². The van der Waals surface area contributed by atoms with Crippen molar-refractivity contribution in [1.82, 2.24) is 0 Å². The zero-order valence-corrected chi connectivity index (χ0v) is 12.7. The van der Waals surface area contributed by atoms with Gasteiger partial charge in [0.2, 0.25) is 0 Å². The molecule has 132 valence electrons. The molecule has 1 aromatic rings. The van der Waals surface area contributed by atoms with Crippen LogP contribution >= 0.6 is 0 Å². The Bertz CT molecular complexity index is 641. The smallest absolute Gasteiger partial charge is 0.335 e. The van der Waals surface area contributed by atoms with Gasteiger partial charge in [-0.3, -0.25) is 0 Å². The van der Waals surface area contributed by atoms with E-state index in [1.807, 2.05) is 0 Å². The number of benzene rings is 1. The van der Waals surface area contributed by atoms with Gasteiger partial charge >= 0.3 is 5.97 Å². The molecule has 1 fully saturated rings. The number of aromatic hydroxyl groups is 2. The first-order chi connectivity index (χ1) is 11.1. The minimum absolute atomic E-state index is 0.202. The molecule has 1 aromatic carbocycles. The average Bonchev–Trinajstić information content (AvgIpc) is 2.49. The van der Waals surface area contributed by atoms with E-state index in [1.54, 1.807) is 0 Å². The third-order valence-corrected chi connectivity index (χ3v) is 4.37. The topological polar surface area (TPSA) is 159 Å². The fraction of sp³-hybridized carbons (Fsp3) is 0.438. The van der Waals surface area contributed by atoms with E-state index in [9.17, 15) is 35.4 Å². The number of hydrogen-bond donors (Lipinski definition) is 7. The summed E-state index contributed by atoms with van der Waals surface area (Å²) in [4.78, 5) is 11.0. The maximum atomic E-state index is 11.0. The Morgan fingerprint density at radius 2 is 1.71 bits per heavy atom. The van der Waals surface area contributed by atoms with E-state index < -0.39 is 42.2 Å². The molecule has 8 heteroatoms. The number of carbonyl (C=O) groups is 1. The van der Waals surface area contributed by atoms with Crippen LogP contribution in [0.2, 0.25) is 0 Å². The molecule has 2 atom stereocenters. The van der Waals surface area contributed by atoms with E-state index in [2.05, 4.69) is 0 Å². The molecule has 1 saturated carbocycles. The summed E-state index contributed by atoms with van der Waals surface area (Å²) in [5.41, 5.74) is -3.79. The van der Waals surface area contributed by atoms with Gasteiger partial charge in [0, 0.05) is 12.8 Å². The van der Waals surface area contributed by atoms with Crippen LogP contribution in [-0.4, -0.2) is 65.1 Å². The predicted octanol–water partition coefficient (Wildman–Crippen LogP) is -0.437. The fourth-order valence-electron chi connectivity index (χ4n) is 2.77. The third kappa shape index (κ3) is 3.36. The molecule has 0 saturated heterocycles. The second kappa shape index (κ2) is 6.40. The molecule has 7 N–H and O–H groups in total. The van der Waals surface area contributed by atoms with Crippen molar-refractivity contribution in [2.45, 2.75) is 42.7 Å². The lowest BCUT2D eigenvalue weighted by atomic mass is 9.70. The van der Waals surface area contributed by atoms with Gasteiger partial charge < -0.3 is 35.7 Å². The van der Waals surface area contributed by atoms with Gasteiger partial charge in [0.15, 0.2) is 17.1 Å². The summed E-state index contributed by atoms with van der Waals surface area (Å²) in [5, 5.41) is 68.0. The highest BCUT2D eigenvalue weighted by atomic mass is 16.4. The monoisotopic (exact) mass is 340 g/mol. The lowest BCUT2D eigenvalue weighted by molar-refractivity contribution is -0.218. The summed E-state index contributed by atoms with van der Waals surface area (Å²) in [5.74, 6) is -2.17. The molecule has 1 aliphatic rings. The molecule has 2 rings (SSSR count). The molecule has 0 aromatic heterocycles. The van der Waals surface area contributed by atoms with Gasteiger partial charge in [0.25, 0.3) is 0 Å². The van der Waals surface area contributed by atoms with Crippen LogP contribution in [0.25, 0.3) is 6.08 Å². The summed E-state index contributed by atoms with van der Waals surface area (Å²) in [6.07, 6.45) is -1.77. The van der Waals surface area contributed by atoms with Crippen molar-refractivity contribution in [2.24, 2.45) is 0 Å². The first-order valence-corrected chi connectivity index (χ1v) is 7.31. The Kier molecular flexibility index (Phi) is 4.86. The number of aliphatic hydroxyl groups is 4. The van der Waals surface area contributed by atoms with Crippen molar-refractivity contribution in [3.8, 4) is 11.5 Å². The second-order valence-corrected chi connectivity index (χ2v) is 6.12. The van der Waals surface area contributed by atoms with Crippen molar-refractivity contribution in [3.63, 3.8) is 0 Å². The van der Waals surface area contributed by atoms with Crippen LogP contribution in [0.5, 0.6) is 11.5 Å². The number of hydrogen-bond acceptors (Lipinski definition) is 7. The number of phenolic OH excluding ortho intramolecular Hbond substituents is 2. The van der Waals surface area contributed by atoms with Crippen LogP contribution in [0.15, 0.2) is 24.3 Å². The lowest BCUT2D eigenvalue weighted by Crippen LogP contribution is -2.63. The SMILES string of the molecule is O=C(O)C1(O)C[C@@H](O)C(O)(C/C=C/c2ccc(O)c(O)c2)[C@H](O)C1. The van der Waals surface area contributed by atoms with E-state index in [4.69, 9.17) is 5.11 Å². The second-order valence-electron chi connectivity index (χ2n) is 6.12. The molecule has 0 spiro atoms. The summed E-state index contributed by atoms with van der Waals surface area (Å²) in [6.45, 7) is 0. The molecule has 0 bridgehead atoms. The Morgan fingerprint density at radius 3 is 2.21 bits per heavy atom. The molecule has 8 nitrogen and oxygen atoms in total. The maximum Gasteiger partial charge on any atom is 0.335 e. The molecule has 24 heavy (non-hydrogen) atoms. The minimum atomic E-state index is -2.29. The Balaban J connectivity index is 2.12. The zero-order chi connectivity index (χ0) is 18.1. The maximum absolute atomic E-state index is 11.0. The number of carboxylic acid groups (broad SMARTS) is 1. The summed E-state index contributed by atoms with van der Waals surface area (Å²) in [6, 6.07) is 4.07. The third-order valence-electron chi connectivity index (χ3n) is 4.37. The van der Waals surface area contributed by atoms with Crippen molar-refractivity contribution in [3.05, 3.63) is 29.8 Å². The molecule has 0 heterocycles. The van der Waals surface area contributed by atoms with Gasteiger partial charge in [-0.1, -0.05) is 18.2 Å². The van der Waals surface area contributed by atoms with E-state index >= 15 is 0 Å². The highest BCUT2D eigenvalue weighted by Crippen LogP contribution is 2.38. The lowest BCUT2D eigenvalue weighted by Gasteiger charge is -2.45. The number of phenols is 2. The highest BCUT2D eigenvalue weighted by molar-refractivity contribution is 5.77. The number of carboxylic acids is 1. The molecular weight excluding hydrogens is 320 g/mol. The first kappa shape index (κ1) is 18.2. The van der Waals surface area contributed by atoms with Crippen LogP contribution in [0.1, 0.15) is 24.8 Å². The largest absolute Gasteiger partial charge is 0.504 e. The van der Waals surface area contributed by atoms with Gasteiger partial charge in [0.05, 0.1) is 12.2 Å². The van der Waals surface area contributed by atoms with Crippen molar-refractivity contribution >= 4 is 12.0 Å². The summed E-state index contributed by atoms with van der Waals surface area (Å²) in [7, 11) is 0. The highest BCUT2D eigenvalue weighted by Gasteiger charge is 2.55. The minimum Gasteiger partial charge on any atom is -0.504 e. The van der Waals surface area contributed by atoms with Crippen LogP contribution in [0, 0.1) is 0 Å². The average molecular weight is 340 g/mol. The Labute approximate surface area is 137 Å². The molecule has 0 aliphatic heterocycles. The van der Waals surface area contributed by atoms with Crippen LogP contribution in [0.4, 0.5) is 0 Å². The Morgan fingerprint density at radius 1 is 1.12 bits per heavy atom. The Hall–Kier alpha value is -2.13. The van der Waals surface area contributed by atoms with Crippen LogP contribution in [-0.2, 0) is 4.79 Å². The van der Waals surface area contributed by atoms with Crippen LogP contribution < -0.4 is 0 Å². The van der Waals surface area contributed by atoms with Crippen LogP contribution in [0.3, 0.4) is 0 Å². The van der Waals surface area contributed by atoms with Crippen molar-refractivity contribution < 1.29 is 40.5 Å². The van der Waals surface area contributed by atoms with E-state index in [0.29, 0.717) is 5.56 Å². The van der Waals surface area contributed by atoms with Crippen molar-refractivity contribution in [2.75, 3.05) is 0 Å². The summed E-state index contributed by atoms with van der Waals surface area (Å²) < 4.78 is 0. The quantitative estimate of drug-likeness (QED) is 0.363. The molecule has 0 radical (unpaired) electrons. The first-order valence-electron chi connectivity index (χ1n) is 7.31. The van der Waals surface area contributed by atoms with E-state index in [0.717, 1.165) is 0 Å². The van der Waals surface area contributed by atoms with Gasteiger partial charge in [-0.05, 0) is 24.1 Å². The predicted molar refractivity (Wildman–Crippen MR) is 82.2 cm³/mol. The molecular formula is C16H20O8. The van der Waals surface area contributed by atoms with Gasteiger partial charge in [-0.25, -0.2) is 4.79 Å². The number of aliphatic carboxylic acids is 1.